The highest BCUT2D eigenvalue weighted by molar-refractivity contribution is 5.83. The van der Waals surface area contributed by atoms with Crippen LogP contribution in [-0.2, 0) is 13.1 Å². The fourth-order valence-electron chi connectivity index (χ4n) is 2.88. The van der Waals surface area contributed by atoms with Crippen molar-refractivity contribution in [3.05, 3.63) is 75.1 Å². The summed E-state index contributed by atoms with van der Waals surface area (Å²) in [7, 11) is 1.66. The topological polar surface area (TPSA) is 58.7 Å². The quantitative estimate of drug-likeness (QED) is 0.757. The molecule has 0 saturated carbocycles. The van der Waals surface area contributed by atoms with Crippen LogP contribution in [0, 0.1) is 13.8 Å². The maximum Gasteiger partial charge on any atom is 0.257 e. The van der Waals surface area contributed by atoms with Crippen molar-refractivity contribution < 1.29 is 10.1 Å². The third kappa shape index (κ3) is 3.34. The smallest absolute Gasteiger partial charge is 0.257 e. The number of benzene rings is 2. The van der Waals surface area contributed by atoms with Crippen LogP contribution < -0.4 is 15.6 Å². The van der Waals surface area contributed by atoms with Crippen LogP contribution in [0.15, 0.2) is 47.3 Å². The molecule has 3 N–H and O–H groups in total. The SMILES string of the molecule is COc1ccc(C[NH2+]Cc2cc3ccc(C)c(C)c3[nH]c2=O)cc1. The van der Waals surface area contributed by atoms with Crippen LogP contribution in [0.5, 0.6) is 5.75 Å². The minimum atomic E-state index is 0.00202. The molecule has 3 aromatic rings. The first-order valence-electron chi connectivity index (χ1n) is 8.15. The van der Waals surface area contributed by atoms with Gasteiger partial charge in [-0.05, 0) is 60.7 Å². The molecule has 2 aromatic carbocycles. The molecule has 1 aromatic heterocycles. The number of rotatable bonds is 5. The Labute approximate surface area is 141 Å². The lowest BCUT2D eigenvalue weighted by Crippen LogP contribution is -2.81. The van der Waals surface area contributed by atoms with Crippen molar-refractivity contribution in [1.29, 1.82) is 0 Å². The molecular formula is C20H23N2O2+. The average Bonchev–Trinajstić information content (AvgIpc) is 2.60. The lowest BCUT2D eigenvalue weighted by atomic mass is 10.0. The second kappa shape index (κ2) is 6.89. The molecule has 0 atom stereocenters. The predicted molar refractivity (Wildman–Crippen MR) is 96.4 cm³/mol. The first kappa shape index (κ1) is 16.3. The number of pyridine rings is 1. The van der Waals surface area contributed by atoms with Gasteiger partial charge in [0.2, 0.25) is 0 Å². The van der Waals surface area contributed by atoms with Crippen molar-refractivity contribution in [2.24, 2.45) is 0 Å². The molecule has 0 aliphatic heterocycles. The maximum atomic E-state index is 12.3. The number of ether oxygens (including phenoxy) is 1. The van der Waals surface area contributed by atoms with Crippen LogP contribution in [0.4, 0.5) is 0 Å². The van der Waals surface area contributed by atoms with Crippen LogP contribution in [0.1, 0.15) is 22.3 Å². The van der Waals surface area contributed by atoms with Gasteiger partial charge in [0.15, 0.2) is 0 Å². The Morgan fingerprint density at radius 1 is 1.04 bits per heavy atom. The highest BCUT2D eigenvalue weighted by atomic mass is 16.5. The van der Waals surface area contributed by atoms with Gasteiger partial charge >= 0.3 is 0 Å². The summed E-state index contributed by atoms with van der Waals surface area (Å²) < 4.78 is 5.16. The van der Waals surface area contributed by atoms with Gasteiger partial charge in [-0.25, -0.2) is 0 Å². The number of hydrogen-bond acceptors (Lipinski definition) is 2. The van der Waals surface area contributed by atoms with Gasteiger partial charge in [-0.1, -0.05) is 12.1 Å². The molecule has 4 nitrogen and oxygen atoms in total. The highest BCUT2D eigenvalue weighted by Crippen LogP contribution is 2.18. The lowest BCUT2D eigenvalue weighted by Gasteiger charge is -2.08. The summed E-state index contributed by atoms with van der Waals surface area (Å²) in [5.41, 5.74) is 5.29. The van der Waals surface area contributed by atoms with E-state index in [1.807, 2.05) is 37.3 Å². The van der Waals surface area contributed by atoms with Gasteiger partial charge in [-0.15, -0.1) is 0 Å². The third-order valence-corrected chi connectivity index (χ3v) is 4.53. The van der Waals surface area contributed by atoms with E-state index in [-0.39, 0.29) is 5.56 Å². The summed E-state index contributed by atoms with van der Waals surface area (Å²) in [6.07, 6.45) is 0. The lowest BCUT2D eigenvalue weighted by molar-refractivity contribution is -0.686. The van der Waals surface area contributed by atoms with E-state index in [1.165, 1.54) is 11.1 Å². The summed E-state index contributed by atoms with van der Waals surface area (Å²) in [6, 6.07) is 14.2. The van der Waals surface area contributed by atoms with Crippen LogP contribution in [0.2, 0.25) is 0 Å². The number of nitrogens with one attached hydrogen (secondary N) is 1. The van der Waals surface area contributed by atoms with E-state index in [2.05, 4.69) is 29.4 Å². The van der Waals surface area contributed by atoms with Crippen LogP contribution in [0.3, 0.4) is 0 Å². The van der Waals surface area contributed by atoms with Gasteiger partial charge < -0.3 is 15.0 Å². The Kier molecular flexibility index (Phi) is 4.67. The number of methoxy groups -OCH3 is 1. The number of nitrogens with two attached hydrogens (primary N) is 1. The van der Waals surface area contributed by atoms with Gasteiger partial charge in [0.05, 0.1) is 18.2 Å². The first-order chi connectivity index (χ1) is 11.6. The Bertz CT molecular complexity index is 911. The normalized spacial score (nSPS) is 11.0. The van der Waals surface area contributed by atoms with Gasteiger partial charge in [0.25, 0.3) is 5.56 Å². The molecule has 0 unspecified atom stereocenters. The van der Waals surface area contributed by atoms with Gasteiger partial charge in [0, 0.05) is 5.56 Å². The average molecular weight is 323 g/mol. The molecule has 0 aliphatic rings. The number of aromatic nitrogens is 1. The maximum absolute atomic E-state index is 12.3. The minimum Gasteiger partial charge on any atom is -0.497 e. The number of fused-ring (bicyclic) bond motifs is 1. The van der Waals surface area contributed by atoms with Crippen molar-refractivity contribution >= 4 is 10.9 Å². The number of hydrogen-bond donors (Lipinski definition) is 2. The molecular weight excluding hydrogens is 300 g/mol. The van der Waals surface area contributed by atoms with E-state index in [0.29, 0.717) is 6.54 Å². The molecule has 24 heavy (non-hydrogen) atoms. The Morgan fingerprint density at radius 2 is 1.79 bits per heavy atom. The van der Waals surface area contributed by atoms with Gasteiger partial charge in [0.1, 0.15) is 18.8 Å². The Balaban J connectivity index is 1.74. The Hall–Kier alpha value is -2.59. The molecule has 0 saturated heterocycles. The predicted octanol–water partition coefficient (Wildman–Crippen LogP) is 2.42. The highest BCUT2D eigenvalue weighted by Gasteiger charge is 2.08. The van der Waals surface area contributed by atoms with Crippen molar-refractivity contribution in [1.82, 2.24) is 4.98 Å². The standard InChI is InChI=1S/C20H22N2O2/c1-13-4-7-16-10-17(20(23)22-19(16)14(13)2)12-21-11-15-5-8-18(24-3)9-6-15/h4-10,21H,11-12H2,1-3H3,(H,22,23)/p+1. The van der Waals surface area contributed by atoms with Crippen molar-refractivity contribution in [3.63, 3.8) is 0 Å². The van der Waals surface area contributed by atoms with E-state index < -0.39 is 0 Å². The summed E-state index contributed by atoms with van der Waals surface area (Å²) >= 11 is 0. The molecule has 0 amide bonds. The second-order valence-corrected chi connectivity index (χ2v) is 6.14. The van der Waals surface area contributed by atoms with E-state index in [9.17, 15) is 4.79 Å². The summed E-state index contributed by atoms with van der Waals surface area (Å²) in [6.45, 7) is 5.59. The van der Waals surface area contributed by atoms with Crippen molar-refractivity contribution in [3.8, 4) is 5.75 Å². The van der Waals surface area contributed by atoms with Crippen LogP contribution >= 0.6 is 0 Å². The zero-order valence-corrected chi connectivity index (χ0v) is 14.3. The number of H-pyrrole nitrogens is 1. The summed E-state index contributed by atoms with van der Waals surface area (Å²) in [5.74, 6) is 0.857. The third-order valence-electron chi connectivity index (χ3n) is 4.53. The molecule has 124 valence electrons. The largest absolute Gasteiger partial charge is 0.497 e. The number of aromatic amines is 1. The summed E-state index contributed by atoms with van der Waals surface area (Å²) in [5, 5.41) is 3.23. The van der Waals surface area contributed by atoms with E-state index in [0.717, 1.165) is 34.3 Å². The molecule has 0 fully saturated rings. The molecule has 0 radical (unpaired) electrons. The molecule has 0 bridgehead atoms. The number of quaternary nitrogens is 1. The van der Waals surface area contributed by atoms with Crippen LogP contribution in [0.25, 0.3) is 10.9 Å². The van der Waals surface area contributed by atoms with Crippen molar-refractivity contribution in [2.45, 2.75) is 26.9 Å². The Morgan fingerprint density at radius 3 is 2.50 bits per heavy atom. The minimum absolute atomic E-state index is 0.00202. The molecule has 4 heteroatoms. The number of aryl methyl sites for hydroxylation is 2. The second-order valence-electron chi connectivity index (χ2n) is 6.14. The zero-order chi connectivity index (χ0) is 17.1. The van der Waals surface area contributed by atoms with Gasteiger partial charge in [-0.2, -0.15) is 0 Å². The van der Waals surface area contributed by atoms with Crippen LogP contribution in [-0.4, -0.2) is 12.1 Å². The summed E-state index contributed by atoms with van der Waals surface area (Å²) in [4.78, 5) is 15.4. The molecule has 0 spiro atoms. The van der Waals surface area contributed by atoms with Gasteiger partial charge in [-0.3, -0.25) is 4.79 Å². The molecule has 1 heterocycles. The fraction of sp³-hybridized carbons (Fsp3) is 0.250. The first-order valence-corrected chi connectivity index (χ1v) is 8.15. The molecule has 0 aliphatic carbocycles. The zero-order valence-electron chi connectivity index (χ0n) is 14.3. The van der Waals surface area contributed by atoms with E-state index in [1.54, 1.807) is 7.11 Å². The monoisotopic (exact) mass is 323 g/mol. The molecule has 3 rings (SSSR count). The van der Waals surface area contributed by atoms with E-state index in [4.69, 9.17) is 4.74 Å². The fourth-order valence-corrected chi connectivity index (χ4v) is 2.88. The van der Waals surface area contributed by atoms with Crippen molar-refractivity contribution in [2.75, 3.05) is 7.11 Å². The van der Waals surface area contributed by atoms with E-state index >= 15 is 0 Å².